The van der Waals surface area contributed by atoms with Gasteiger partial charge in [-0.15, -0.1) is 0 Å². The fourth-order valence-corrected chi connectivity index (χ4v) is 3.59. The first-order valence-electron chi connectivity index (χ1n) is 13.9. The molecule has 0 bridgehead atoms. The summed E-state index contributed by atoms with van der Waals surface area (Å²) in [5.41, 5.74) is 6.01. The number of nitrogens with zero attached hydrogens (tertiary/aromatic N) is 6. The van der Waals surface area contributed by atoms with E-state index < -0.39 is 18.9 Å². The highest BCUT2D eigenvalue weighted by Crippen LogP contribution is 2.17. The average molecular weight is 777 g/mol. The molecule has 0 aliphatic heterocycles. The minimum absolute atomic E-state index is 0. The van der Waals surface area contributed by atoms with Gasteiger partial charge >= 0.3 is 0 Å². The standard InChI is InChI=1S/C8H10ClNO3S.C8H10N2O3.C8H12N2O.C5H3ClN2O2.3CH4/c1-6(2)13-8-4-3-7(5-10-8)14(9,11)12;1-6(2)13-8-4-3-7(5-9-8)10(11)12;1-6(2)11-8-4-3-7(9)5-10-8;6-5-2-1-4(3-7-5)8(9)10;;;/h3-6H,1-2H3;3-6H,1-2H3;3-6H,9H2,1-2H3;1-3H;3*1H4. The Kier molecular flexibility index (Phi) is 24.9. The van der Waals surface area contributed by atoms with E-state index in [2.05, 4.69) is 19.9 Å². The molecule has 0 aliphatic rings. The van der Waals surface area contributed by atoms with Crippen LogP contribution in [0.15, 0.2) is 78.2 Å². The molecule has 0 atom stereocenters. The van der Waals surface area contributed by atoms with Crippen LogP contribution < -0.4 is 19.9 Å². The van der Waals surface area contributed by atoms with Crippen molar-refractivity contribution in [2.45, 2.75) is 87.0 Å². The highest BCUT2D eigenvalue weighted by Gasteiger charge is 2.10. The number of nitro groups is 2. The van der Waals surface area contributed by atoms with Crippen molar-refractivity contribution in [3.63, 3.8) is 0 Å². The lowest BCUT2D eigenvalue weighted by atomic mass is 10.4. The Balaban J connectivity index is -0.000000595. The van der Waals surface area contributed by atoms with Crippen LogP contribution >= 0.6 is 22.3 Å². The molecule has 0 amide bonds. The Morgan fingerprint density at radius 2 is 1.00 bits per heavy atom. The minimum Gasteiger partial charge on any atom is -0.475 e. The zero-order chi connectivity index (χ0) is 36.4. The van der Waals surface area contributed by atoms with Gasteiger partial charge in [0, 0.05) is 41.0 Å². The lowest BCUT2D eigenvalue weighted by Crippen LogP contribution is -2.06. The summed E-state index contributed by atoms with van der Waals surface area (Å²) in [6.07, 6.45) is 5.22. The van der Waals surface area contributed by atoms with Crippen LogP contribution in [-0.2, 0) is 9.05 Å². The molecule has 2 N–H and O–H groups in total. The molecule has 4 aromatic rings. The Bertz CT molecular complexity index is 1660. The van der Waals surface area contributed by atoms with Gasteiger partial charge in [0.05, 0.1) is 46.2 Å². The monoisotopic (exact) mass is 775 g/mol. The van der Waals surface area contributed by atoms with Gasteiger partial charge in [-0.1, -0.05) is 33.9 Å². The molecule has 0 aliphatic carbocycles. The predicted octanol–water partition coefficient (Wildman–Crippen LogP) is 8.58. The predicted molar refractivity (Wildman–Crippen MR) is 200 cm³/mol. The molecule has 0 aromatic carbocycles. The summed E-state index contributed by atoms with van der Waals surface area (Å²) in [7, 11) is 1.41. The van der Waals surface area contributed by atoms with Crippen LogP contribution in [0.4, 0.5) is 17.1 Å². The van der Waals surface area contributed by atoms with Crippen molar-refractivity contribution in [1.82, 2.24) is 19.9 Å². The fraction of sp³-hybridized carbons (Fsp3) is 0.375. The maximum absolute atomic E-state index is 10.9. The maximum atomic E-state index is 10.9. The maximum Gasteiger partial charge on any atom is 0.287 e. The number of aromatic nitrogens is 4. The second-order valence-electron chi connectivity index (χ2n) is 9.91. The van der Waals surface area contributed by atoms with Crippen molar-refractivity contribution in [2.75, 3.05) is 5.73 Å². The van der Waals surface area contributed by atoms with E-state index in [1.165, 1.54) is 48.8 Å². The third kappa shape index (κ3) is 22.5. The first kappa shape index (κ1) is 50.5. The Labute approximate surface area is 309 Å². The third-order valence-corrected chi connectivity index (χ3v) is 6.24. The molecule has 0 saturated heterocycles. The summed E-state index contributed by atoms with van der Waals surface area (Å²) in [6.45, 7) is 11.4. The zero-order valence-corrected chi connectivity index (χ0v) is 29.1. The lowest BCUT2D eigenvalue weighted by molar-refractivity contribution is -0.385. The van der Waals surface area contributed by atoms with Crippen LogP contribution in [0.3, 0.4) is 0 Å². The van der Waals surface area contributed by atoms with Crippen LogP contribution in [0.2, 0.25) is 5.15 Å². The number of ether oxygens (including phenoxy) is 3. The summed E-state index contributed by atoms with van der Waals surface area (Å²) in [5.74, 6) is 1.40. The number of nitrogens with two attached hydrogens (primary N) is 1. The van der Waals surface area contributed by atoms with Gasteiger partial charge < -0.3 is 19.9 Å². The summed E-state index contributed by atoms with van der Waals surface area (Å²) in [5, 5.41) is 20.5. The van der Waals surface area contributed by atoms with Gasteiger partial charge in [0.2, 0.25) is 17.6 Å². The highest BCUT2D eigenvalue weighted by atomic mass is 35.7. The van der Waals surface area contributed by atoms with E-state index in [0.717, 1.165) is 6.20 Å². The molecule has 284 valence electrons. The summed E-state index contributed by atoms with van der Waals surface area (Å²) >= 11 is 5.38. The Hall–Kier alpha value is -4.87. The molecular weight excluding hydrogens is 729 g/mol. The van der Waals surface area contributed by atoms with Gasteiger partial charge in [-0.2, -0.15) is 0 Å². The van der Waals surface area contributed by atoms with Gasteiger partial charge in [0.25, 0.3) is 20.4 Å². The van der Waals surface area contributed by atoms with E-state index in [-0.39, 0.29) is 62.0 Å². The average Bonchev–Trinajstić information content (AvgIpc) is 2.99. The van der Waals surface area contributed by atoms with E-state index in [1.807, 2.05) is 41.5 Å². The van der Waals surface area contributed by atoms with Crippen LogP contribution in [0.25, 0.3) is 0 Å². The molecule has 0 saturated carbocycles. The smallest absolute Gasteiger partial charge is 0.287 e. The van der Waals surface area contributed by atoms with E-state index in [9.17, 15) is 28.6 Å². The topological polar surface area (TPSA) is 226 Å². The van der Waals surface area contributed by atoms with Crippen molar-refractivity contribution in [3.05, 3.63) is 98.7 Å². The fourth-order valence-electron chi connectivity index (χ4n) is 2.79. The van der Waals surface area contributed by atoms with Gasteiger partial charge in [-0.25, -0.2) is 28.4 Å². The SMILES string of the molecule is C.C.C.CC(C)Oc1ccc(N)cn1.CC(C)Oc1ccc(S(=O)(=O)Cl)cn1.CC(C)Oc1ccc([N+](=O)[O-])cn1.O=[N+]([O-])c1ccc(Cl)nc1. The van der Waals surface area contributed by atoms with Crippen LogP contribution in [0.5, 0.6) is 17.6 Å². The van der Waals surface area contributed by atoms with Crippen LogP contribution in [-0.4, -0.2) is 56.5 Å². The quantitative estimate of drug-likeness (QED) is 0.0727. The number of hydrogen-bond donors (Lipinski definition) is 1. The molecule has 4 rings (SSSR count). The lowest BCUT2D eigenvalue weighted by Gasteiger charge is -2.07. The number of halogens is 2. The van der Waals surface area contributed by atoms with Gasteiger partial charge in [0.15, 0.2) is 0 Å². The number of rotatable bonds is 9. The van der Waals surface area contributed by atoms with Crippen molar-refractivity contribution >= 4 is 48.4 Å². The molecule has 0 fully saturated rings. The third-order valence-electron chi connectivity index (χ3n) is 4.67. The molecule has 0 radical (unpaired) electrons. The normalized spacial score (nSPS) is 9.78. The molecule has 0 unspecified atom stereocenters. The number of pyridine rings is 4. The van der Waals surface area contributed by atoms with Crippen molar-refractivity contribution < 1.29 is 32.5 Å². The number of hydrogen-bond acceptors (Lipinski definition) is 14. The second-order valence-corrected chi connectivity index (χ2v) is 12.9. The molecule has 4 aromatic heterocycles. The minimum atomic E-state index is -3.69. The van der Waals surface area contributed by atoms with E-state index in [1.54, 1.807) is 18.3 Å². The number of nitrogen functional groups attached to an aromatic ring is 1. The van der Waals surface area contributed by atoms with E-state index in [0.29, 0.717) is 23.3 Å². The summed E-state index contributed by atoms with van der Waals surface area (Å²) < 4.78 is 37.5. The highest BCUT2D eigenvalue weighted by molar-refractivity contribution is 8.13. The summed E-state index contributed by atoms with van der Waals surface area (Å²) in [6, 6.07) is 11.9. The summed E-state index contributed by atoms with van der Waals surface area (Å²) in [4.78, 5) is 34.3. The first-order chi connectivity index (χ1) is 22.4. The van der Waals surface area contributed by atoms with Crippen LogP contribution in [0.1, 0.15) is 63.8 Å². The van der Waals surface area contributed by atoms with Crippen LogP contribution in [0, 0.1) is 20.2 Å². The molecule has 4 heterocycles. The molecule has 16 nitrogen and oxygen atoms in total. The van der Waals surface area contributed by atoms with Crippen molar-refractivity contribution in [1.29, 1.82) is 0 Å². The molecule has 19 heteroatoms. The molecular formula is C32H47Cl2N7O9S. The van der Waals surface area contributed by atoms with Gasteiger partial charge in [-0.05, 0) is 59.7 Å². The zero-order valence-electron chi connectivity index (χ0n) is 26.8. The van der Waals surface area contributed by atoms with Gasteiger partial charge in [0.1, 0.15) is 22.4 Å². The largest absolute Gasteiger partial charge is 0.475 e. The number of anilines is 1. The van der Waals surface area contributed by atoms with Gasteiger partial charge in [-0.3, -0.25) is 20.2 Å². The molecule has 51 heavy (non-hydrogen) atoms. The Morgan fingerprint density at radius 1 is 0.627 bits per heavy atom. The van der Waals surface area contributed by atoms with E-state index >= 15 is 0 Å². The Morgan fingerprint density at radius 3 is 1.27 bits per heavy atom. The van der Waals surface area contributed by atoms with Crippen molar-refractivity contribution in [2.24, 2.45) is 0 Å². The first-order valence-corrected chi connectivity index (χ1v) is 16.5. The van der Waals surface area contributed by atoms with Crippen molar-refractivity contribution in [3.8, 4) is 17.6 Å². The van der Waals surface area contributed by atoms with E-state index in [4.69, 9.17) is 42.2 Å². The molecule has 0 spiro atoms. The second kappa shape index (κ2) is 25.1.